The first-order chi connectivity index (χ1) is 6.43. The fraction of sp³-hybridized carbons (Fsp3) is 0.600. The molecule has 1 rings (SSSR count). The van der Waals surface area contributed by atoms with Crippen LogP contribution in [0.15, 0.2) is 6.20 Å². The van der Waals surface area contributed by atoms with E-state index in [1.807, 2.05) is 6.92 Å². The largest absolute Gasteiger partial charge is 0.476 e. The van der Waals surface area contributed by atoms with Crippen molar-refractivity contribution in [3.05, 3.63) is 17.5 Å². The van der Waals surface area contributed by atoms with Gasteiger partial charge in [-0.3, -0.25) is 4.68 Å². The van der Waals surface area contributed by atoms with Crippen molar-refractivity contribution in [1.29, 1.82) is 0 Å². The number of rotatable bonds is 3. The van der Waals surface area contributed by atoms with Crippen molar-refractivity contribution in [3.63, 3.8) is 0 Å². The van der Waals surface area contributed by atoms with Crippen LogP contribution in [-0.4, -0.2) is 20.9 Å². The predicted octanol–water partition coefficient (Wildman–Crippen LogP) is 2.11. The van der Waals surface area contributed by atoms with Crippen molar-refractivity contribution in [2.24, 2.45) is 5.92 Å². The van der Waals surface area contributed by atoms with Gasteiger partial charge in [-0.25, -0.2) is 4.79 Å². The standard InChI is InChI=1S/C10H16N2O2/c1-6(2)8(4)12-5-7(3)9(11-12)10(13)14/h5-6,8H,1-4H3,(H,13,14). The number of carbonyl (C=O) groups is 1. The number of carboxylic acid groups (broad SMARTS) is 1. The van der Waals surface area contributed by atoms with Crippen molar-refractivity contribution in [1.82, 2.24) is 9.78 Å². The highest BCUT2D eigenvalue weighted by atomic mass is 16.4. The molecular formula is C10H16N2O2. The number of hydrogen-bond acceptors (Lipinski definition) is 2. The monoisotopic (exact) mass is 196 g/mol. The van der Waals surface area contributed by atoms with Gasteiger partial charge < -0.3 is 5.11 Å². The Hall–Kier alpha value is -1.32. The molecular weight excluding hydrogens is 180 g/mol. The fourth-order valence-electron chi connectivity index (χ4n) is 1.21. The summed E-state index contributed by atoms with van der Waals surface area (Å²) in [5.41, 5.74) is 0.863. The van der Waals surface area contributed by atoms with Gasteiger partial charge in [-0.2, -0.15) is 5.10 Å². The molecule has 14 heavy (non-hydrogen) atoms. The van der Waals surface area contributed by atoms with Crippen molar-refractivity contribution >= 4 is 5.97 Å². The highest BCUT2D eigenvalue weighted by Gasteiger charge is 2.16. The van der Waals surface area contributed by atoms with E-state index in [9.17, 15) is 4.79 Å². The summed E-state index contributed by atoms with van der Waals surface area (Å²) in [4.78, 5) is 10.8. The van der Waals surface area contributed by atoms with Gasteiger partial charge in [0.05, 0.1) is 6.04 Å². The Labute approximate surface area is 83.5 Å². The summed E-state index contributed by atoms with van der Waals surface area (Å²) < 4.78 is 1.73. The molecule has 1 aromatic rings. The number of carboxylic acids is 1. The van der Waals surface area contributed by atoms with Gasteiger partial charge in [-0.05, 0) is 19.8 Å². The second-order valence-electron chi connectivity index (χ2n) is 3.93. The molecule has 0 bridgehead atoms. The zero-order valence-corrected chi connectivity index (χ0v) is 8.98. The smallest absolute Gasteiger partial charge is 0.356 e. The van der Waals surface area contributed by atoms with Crippen LogP contribution < -0.4 is 0 Å². The van der Waals surface area contributed by atoms with Crippen LogP contribution >= 0.6 is 0 Å². The highest BCUT2D eigenvalue weighted by Crippen LogP contribution is 2.17. The first-order valence-electron chi connectivity index (χ1n) is 4.72. The van der Waals surface area contributed by atoms with Crippen LogP contribution in [0, 0.1) is 12.8 Å². The zero-order chi connectivity index (χ0) is 10.9. The summed E-state index contributed by atoms with van der Waals surface area (Å²) in [5.74, 6) is -0.520. The van der Waals surface area contributed by atoms with E-state index in [0.29, 0.717) is 11.5 Å². The molecule has 0 radical (unpaired) electrons. The van der Waals surface area contributed by atoms with Crippen LogP contribution in [0.5, 0.6) is 0 Å². The third kappa shape index (κ3) is 1.95. The second-order valence-corrected chi connectivity index (χ2v) is 3.93. The van der Waals surface area contributed by atoms with E-state index in [1.54, 1.807) is 17.8 Å². The molecule has 0 aliphatic rings. The third-order valence-corrected chi connectivity index (χ3v) is 2.50. The molecule has 1 unspecified atom stereocenters. The maximum Gasteiger partial charge on any atom is 0.356 e. The Kier molecular flexibility index (Phi) is 2.93. The minimum atomic E-state index is -0.961. The summed E-state index contributed by atoms with van der Waals surface area (Å²) in [5, 5.41) is 12.9. The third-order valence-electron chi connectivity index (χ3n) is 2.50. The number of hydrogen-bond donors (Lipinski definition) is 1. The van der Waals surface area contributed by atoms with Gasteiger partial charge in [0, 0.05) is 11.8 Å². The van der Waals surface area contributed by atoms with E-state index in [-0.39, 0.29) is 11.7 Å². The molecule has 1 aromatic heterocycles. The van der Waals surface area contributed by atoms with Crippen molar-refractivity contribution in [3.8, 4) is 0 Å². The lowest BCUT2D eigenvalue weighted by molar-refractivity contribution is 0.0688. The van der Waals surface area contributed by atoms with E-state index in [4.69, 9.17) is 5.11 Å². The van der Waals surface area contributed by atoms with Crippen LogP contribution in [0.25, 0.3) is 0 Å². The van der Waals surface area contributed by atoms with Gasteiger partial charge in [-0.1, -0.05) is 13.8 Å². The Bertz CT molecular complexity index is 342. The molecule has 0 saturated heterocycles. The molecule has 0 amide bonds. The van der Waals surface area contributed by atoms with Crippen LogP contribution in [0.2, 0.25) is 0 Å². The van der Waals surface area contributed by atoms with Crippen molar-refractivity contribution < 1.29 is 9.90 Å². The first kappa shape index (κ1) is 10.8. The Balaban J connectivity index is 3.02. The lowest BCUT2D eigenvalue weighted by Gasteiger charge is -2.15. The average molecular weight is 196 g/mol. The number of aryl methyl sites for hydroxylation is 1. The number of aromatic nitrogens is 2. The van der Waals surface area contributed by atoms with E-state index in [1.165, 1.54) is 0 Å². The predicted molar refractivity (Wildman–Crippen MR) is 53.5 cm³/mol. The molecule has 0 aromatic carbocycles. The van der Waals surface area contributed by atoms with Gasteiger partial charge in [0.25, 0.3) is 0 Å². The average Bonchev–Trinajstić information content (AvgIpc) is 2.45. The second kappa shape index (κ2) is 3.82. The minimum absolute atomic E-state index is 0.150. The van der Waals surface area contributed by atoms with Gasteiger partial charge in [0.1, 0.15) is 0 Å². The van der Waals surface area contributed by atoms with E-state index < -0.39 is 5.97 Å². The lowest BCUT2D eigenvalue weighted by Crippen LogP contribution is -2.12. The van der Waals surface area contributed by atoms with Crippen LogP contribution in [0.1, 0.15) is 42.9 Å². The Morgan fingerprint density at radius 2 is 2.07 bits per heavy atom. The van der Waals surface area contributed by atoms with Gasteiger partial charge in [-0.15, -0.1) is 0 Å². The molecule has 0 spiro atoms. The molecule has 78 valence electrons. The summed E-state index contributed by atoms with van der Waals surface area (Å²) in [6, 6.07) is 0.224. The quantitative estimate of drug-likeness (QED) is 0.805. The molecule has 1 N–H and O–H groups in total. The summed E-state index contributed by atoms with van der Waals surface area (Å²) >= 11 is 0. The van der Waals surface area contributed by atoms with E-state index in [2.05, 4.69) is 18.9 Å². The molecule has 0 aliphatic heterocycles. The summed E-state index contributed by atoms with van der Waals surface area (Å²) in [6.45, 7) is 7.97. The molecule has 4 heteroatoms. The van der Waals surface area contributed by atoms with Crippen molar-refractivity contribution in [2.45, 2.75) is 33.7 Å². The van der Waals surface area contributed by atoms with Gasteiger partial charge in [0.15, 0.2) is 5.69 Å². The molecule has 0 aliphatic carbocycles. The van der Waals surface area contributed by atoms with Gasteiger partial charge >= 0.3 is 5.97 Å². The van der Waals surface area contributed by atoms with Crippen LogP contribution in [0.3, 0.4) is 0 Å². The molecule has 0 fully saturated rings. The maximum absolute atomic E-state index is 10.8. The summed E-state index contributed by atoms with van der Waals surface area (Å²) in [7, 11) is 0. The zero-order valence-electron chi connectivity index (χ0n) is 8.98. The van der Waals surface area contributed by atoms with Crippen LogP contribution in [-0.2, 0) is 0 Å². The topological polar surface area (TPSA) is 55.1 Å². The molecule has 1 heterocycles. The summed E-state index contributed by atoms with van der Waals surface area (Å²) in [6.07, 6.45) is 1.79. The first-order valence-corrected chi connectivity index (χ1v) is 4.72. The fourth-order valence-corrected chi connectivity index (χ4v) is 1.21. The molecule has 4 nitrogen and oxygen atoms in total. The van der Waals surface area contributed by atoms with E-state index in [0.717, 1.165) is 0 Å². The number of aromatic carboxylic acids is 1. The molecule has 1 atom stereocenters. The lowest BCUT2D eigenvalue weighted by atomic mass is 10.1. The highest BCUT2D eigenvalue weighted by molar-refractivity contribution is 5.86. The SMILES string of the molecule is Cc1cn(C(C)C(C)C)nc1C(=O)O. The Morgan fingerprint density at radius 1 is 1.50 bits per heavy atom. The minimum Gasteiger partial charge on any atom is -0.476 e. The van der Waals surface area contributed by atoms with Gasteiger partial charge in [0.2, 0.25) is 0 Å². The Morgan fingerprint density at radius 3 is 2.43 bits per heavy atom. The van der Waals surface area contributed by atoms with Crippen LogP contribution in [0.4, 0.5) is 0 Å². The van der Waals surface area contributed by atoms with E-state index >= 15 is 0 Å². The number of nitrogens with zero attached hydrogens (tertiary/aromatic N) is 2. The maximum atomic E-state index is 10.8. The normalized spacial score (nSPS) is 13.2. The molecule has 0 saturated carbocycles. The van der Waals surface area contributed by atoms with Crippen molar-refractivity contribution in [2.75, 3.05) is 0 Å².